The molecule has 1 N–H and O–H groups in total. The van der Waals surface area contributed by atoms with Crippen molar-refractivity contribution < 1.29 is 0 Å². The van der Waals surface area contributed by atoms with Crippen molar-refractivity contribution in [3.05, 3.63) is 57.8 Å². The highest BCUT2D eigenvalue weighted by atomic mass is 35.5. The van der Waals surface area contributed by atoms with Crippen LogP contribution in [0.15, 0.2) is 36.7 Å². The van der Waals surface area contributed by atoms with Crippen molar-refractivity contribution in [3.8, 4) is 6.07 Å². The Morgan fingerprint density at radius 2 is 2.11 bits per heavy atom. The highest BCUT2D eigenvalue weighted by Crippen LogP contribution is 2.21. The van der Waals surface area contributed by atoms with E-state index in [2.05, 4.69) is 16.4 Å². The van der Waals surface area contributed by atoms with E-state index in [1.54, 1.807) is 24.5 Å². The average Bonchev–Trinajstić information content (AvgIpc) is 2.42. The second kappa shape index (κ2) is 6.42. The molecule has 0 saturated carbocycles. The van der Waals surface area contributed by atoms with Crippen LogP contribution in [0.25, 0.3) is 0 Å². The molecule has 1 aromatic heterocycles. The van der Waals surface area contributed by atoms with Gasteiger partial charge in [-0.25, -0.2) is 0 Å². The zero-order valence-corrected chi connectivity index (χ0v) is 11.5. The van der Waals surface area contributed by atoms with Crippen molar-refractivity contribution >= 4 is 28.9 Å². The Labute approximate surface area is 121 Å². The van der Waals surface area contributed by atoms with Gasteiger partial charge in [-0.1, -0.05) is 29.3 Å². The quantitative estimate of drug-likeness (QED) is 0.929. The lowest BCUT2D eigenvalue weighted by Gasteiger charge is -2.08. The van der Waals surface area contributed by atoms with Gasteiger partial charge in [-0.15, -0.1) is 0 Å². The minimum atomic E-state index is 0.581. The maximum absolute atomic E-state index is 8.96. The number of halogens is 2. The molecular formula is C14H11Cl2N3. The molecule has 1 heterocycles. The van der Waals surface area contributed by atoms with E-state index in [-0.39, 0.29) is 0 Å². The first kappa shape index (κ1) is 13.7. The van der Waals surface area contributed by atoms with Gasteiger partial charge >= 0.3 is 0 Å². The molecule has 0 aliphatic heterocycles. The molecule has 0 aliphatic rings. The summed E-state index contributed by atoms with van der Waals surface area (Å²) in [4.78, 5) is 3.99. The van der Waals surface area contributed by atoms with Crippen LogP contribution in [0.2, 0.25) is 10.0 Å². The molecule has 0 saturated heterocycles. The van der Waals surface area contributed by atoms with Gasteiger partial charge in [0, 0.05) is 22.8 Å². The second-order valence-electron chi connectivity index (χ2n) is 3.95. The van der Waals surface area contributed by atoms with Gasteiger partial charge in [0.25, 0.3) is 0 Å². The number of aromatic nitrogens is 1. The van der Waals surface area contributed by atoms with Crippen LogP contribution >= 0.6 is 23.2 Å². The third kappa shape index (κ3) is 3.60. The number of benzene rings is 1. The molecule has 5 heteroatoms. The standard InChI is InChI=1S/C14H11Cl2N3/c15-12-2-1-10(13(16)7-12)4-6-19-14-9-18-5-3-11(14)8-17/h1-3,5,7,9,19H,4,6H2. The van der Waals surface area contributed by atoms with E-state index in [9.17, 15) is 0 Å². The third-order valence-electron chi connectivity index (χ3n) is 2.67. The van der Waals surface area contributed by atoms with Gasteiger partial charge in [-0.2, -0.15) is 5.26 Å². The van der Waals surface area contributed by atoms with Crippen LogP contribution in [0.3, 0.4) is 0 Å². The fourth-order valence-electron chi connectivity index (χ4n) is 1.69. The van der Waals surface area contributed by atoms with Gasteiger partial charge in [0.15, 0.2) is 0 Å². The fourth-order valence-corrected chi connectivity index (χ4v) is 2.19. The number of nitriles is 1. The number of nitrogens with one attached hydrogen (secondary N) is 1. The summed E-state index contributed by atoms with van der Waals surface area (Å²) < 4.78 is 0. The monoisotopic (exact) mass is 291 g/mol. The molecule has 96 valence electrons. The first-order chi connectivity index (χ1) is 9.20. The summed E-state index contributed by atoms with van der Waals surface area (Å²) in [6.07, 6.45) is 3.98. The predicted molar refractivity (Wildman–Crippen MR) is 77.6 cm³/mol. The molecule has 0 atom stereocenters. The summed E-state index contributed by atoms with van der Waals surface area (Å²) >= 11 is 11.9. The van der Waals surface area contributed by atoms with Crippen LogP contribution in [-0.4, -0.2) is 11.5 Å². The van der Waals surface area contributed by atoms with Gasteiger partial charge in [-0.3, -0.25) is 4.98 Å². The van der Waals surface area contributed by atoms with Crippen molar-refractivity contribution in [3.63, 3.8) is 0 Å². The zero-order chi connectivity index (χ0) is 13.7. The van der Waals surface area contributed by atoms with E-state index in [1.165, 1.54) is 0 Å². The smallest absolute Gasteiger partial charge is 0.101 e. The first-order valence-corrected chi connectivity index (χ1v) is 6.48. The number of hydrogen-bond donors (Lipinski definition) is 1. The Morgan fingerprint density at radius 1 is 1.26 bits per heavy atom. The SMILES string of the molecule is N#Cc1ccncc1NCCc1ccc(Cl)cc1Cl. The molecule has 19 heavy (non-hydrogen) atoms. The molecule has 0 fully saturated rings. The van der Waals surface area contributed by atoms with Crippen LogP contribution in [0.5, 0.6) is 0 Å². The van der Waals surface area contributed by atoms with Crippen molar-refractivity contribution in [1.82, 2.24) is 4.98 Å². The van der Waals surface area contributed by atoms with Crippen LogP contribution in [0.4, 0.5) is 5.69 Å². The normalized spacial score (nSPS) is 9.95. The van der Waals surface area contributed by atoms with E-state index < -0.39 is 0 Å². The lowest BCUT2D eigenvalue weighted by atomic mass is 10.1. The van der Waals surface area contributed by atoms with Crippen LogP contribution in [0.1, 0.15) is 11.1 Å². The van der Waals surface area contributed by atoms with Gasteiger partial charge in [0.1, 0.15) is 6.07 Å². The molecule has 0 aliphatic carbocycles. The molecule has 0 radical (unpaired) electrons. The van der Waals surface area contributed by atoms with E-state index in [4.69, 9.17) is 28.5 Å². The molecule has 0 unspecified atom stereocenters. The van der Waals surface area contributed by atoms with Crippen LogP contribution < -0.4 is 5.32 Å². The summed E-state index contributed by atoms with van der Waals surface area (Å²) in [5.74, 6) is 0. The Morgan fingerprint density at radius 3 is 2.84 bits per heavy atom. The minimum Gasteiger partial charge on any atom is -0.382 e. The number of rotatable bonds is 4. The summed E-state index contributed by atoms with van der Waals surface area (Å²) in [5, 5.41) is 13.4. The molecule has 2 aromatic rings. The van der Waals surface area contributed by atoms with E-state index in [0.29, 0.717) is 22.2 Å². The van der Waals surface area contributed by atoms with E-state index in [0.717, 1.165) is 17.7 Å². The fraction of sp³-hybridized carbons (Fsp3) is 0.143. The summed E-state index contributed by atoms with van der Waals surface area (Å²) in [7, 11) is 0. The van der Waals surface area contributed by atoms with Crippen molar-refractivity contribution in [1.29, 1.82) is 5.26 Å². The Hall–Kier alpha value is -1.76. The number of hydrogen-bond acceptors (Lipinski definition) is 3. The molecule has 1 aromatic carbocycles. The molecule has 0 amide bonds. The maximum atomic E-state index is 8.96. The predicted octanol–water partition coefficient (Wildman–Crippen LogP) is 3.91. The van der Waals surface area contributed by atoms with Crippen LogP contribution in [0, 0.1) is 11.3 Å². The topological polar surface area (TPSA) is 48.7 Å². The van der Waals surface area contributed by atoms with Crippen molar-refractivity contribution in [2.45, 2.75) is 6.42 Å². The number of nitrogens with zero attached hydrogens (tertiary/aromatic N) is 2. The van der Waals surface area contributed by atoms with Gasteiger partial charge in [0.05, 0.1) is 17.4 Å². The minimum absolute atomic E-state index is 0.581. The zero-order valence-electron chi connectivity index (χ0n) is 10.0. The van der Waals surface area contributed by atoms with E-state index in [1.807, 2.05) is 12.1 Å². The summed E-state index contributed by atoms with van der Waals surface area (Å²) in [6.45, 7) is 0.668. The molecule has 0 spiro atoms. The molecule has 3 nitrogen and oxygen atoms in total. The first-order valence-electron chi connectivity index (χ1n) is 5.72. The summed E-state index contributed by atoms with van der Waals surface area (Å²) in [5.41, 5.74) is 2.33. The lowest BCUT2D eigenvalue weighted by molar-refractivity contribution is 1.02. The Balaban J connectivity index is 1.99. The summed E-state index contributed by atoms with van der Waals surface area (Å²) in [6, 6.07) is 9.24. The number of anilines is 1. The Bertz CT molecular complexity index is 620. The lowest BCUT2D eigenvalue weighted by Crippen LogP contribution is -2.06. The molecular weight excluding hydrogens is 281 g/mol. The second-order valence-corrected chi connectivity index (χ2v) is 4.79. The van der Waals surface area contributed by atoms with Gasteiger partial charge in [0.2, 0.25) is 0 Å². The van der Waals surface area contributed by atoms with Gasteiger partial charge < -0.3 is 5.32 Å². The average molecular weight is 292 g/mol. The Kier molecular flexibility index (Phi) is 4.62. The van der Waals surface area contributed by atoms with E-state index >= 15 is 0 Å². The molecule has 0 bridgehead atoms. The largest absolute Gasteiger partial charge is 0.382 e. The third-order valence-corrected chi connectivity index (χ3v) is 3.25. The number of pyridine rings is 1. The van der Waals surface area contributed by atoms with Crippen molar-refractivity contribution in [2.75, 3.05) is 11.9 Å². The molecule has 2 rings (SSSR count). The maximum Gasteiger partial charge on any atom is 0.101 e. The van der Waals surface area contributed by atoms with Gasteiger partial charge in [-0.05, 0) is 30.2 Å². The van der Waals surface area contributed by atoms with Crippen LogP contribution in [-0.2, 0) is 6.42 Å². The highest BCUT2D eigenvalue weighted by Gasteiger charge is 2.03. The van der Waals surface area contributed by atoms with Crippen molar-refractivity contribution in [2.24, 2.45) is 0 Å². The highest BCUT2D eigenvalue weighted by molar-refractivity contribution is 6.35.